The second-order valence-electron chi connectivity index (χ2n) is 3.80. The average Bonchev–Trinajstić information content (AvgIpc) is 2.89. The normalized spacial score (nSPS) is 23.4. The number of carboxylic acid groups (broad SMARTS) is 1. The number of likely N-dealkylation sites (tertiary alicyclic amines) is 1. The summed E-state index contributed by atoms with van der Waals surface area (Å²) in [5.41, 5.74) is 8.36. The highest BCUT2D eigenvalue weighted by Gasteiger charge is 2.35. The van der Waals surface area contributed by atoms with Crippen LogP contribution in [0.3, 0.4) is 0 Å². The fourth-order valence-corrected chi connectivity index (χ4v) is 2.00. The SMILES string of the molecule is [N-]=[N+]=N[C@@H]1C[C@@H](Cn2cncn2)N(C(=O)O)C1. The summed E-state index contributed by atoms with van der Waals surface area (Å²) in [6.45, 7) is 0.655. The van der Waals surface area contributed by atoms with Crippen molar-refractivity contribution >= 4 is 6.09 Å². The standard InChI is InChI=1S/C8H11N7O2/c9-13-12-6-1-7(15(2-6)8(16)17)3-14-5-10-4-11-14/h4-7H,1-3H2,(H,16,17)/t6-,7+/m1/s1. The fraction of sp³-hybridized carbons (Fsp3) is 0.625. The Kier molecular flexibility index (Phi) is 3.10. The third-order valence-corrected chi connectivity index (χ3v) is 2.72. The third kappa shape index (κ3) is 2.45. The first-order valence-corrected chi connectivity index (χ1v) is 5.07. The fourth-order valence-electron chi connectivity index (χ4n) is 2.00. The van der Waals surface area contributed by atoms with Crippen LogP contribution in [0.25, 0.3) is 10.4 Å². The maximum atomic E-state index is 11.0. The summed E-state index contributed by atoms with van der Waals surface area (Å²) < 4.78 is 1.57. The Morgan fingerprint density at radius 2 is 2.53 bits per heavy atom. The molecular formula is C8H11N7O2. The van der Waals surface area contributed by atoms with Gasteiger partial charge < -0.3 is 10.0 Å². The number of aromatic nitrogens is 3. The molecule has 0 saturated carbocycles. The molecule has 0 bridgehead atoms. The minimum atomic E-state index is -1.01. The zero-order valence-corrected chi connectivity index (χ0v) is 8.92. The van der Waals surface area contributed by atoms with E-state index in [1.807, 2.05) is 0 Å². The minimum Gasteiger partial charge on any atom is -0.465 e. The number of carbonyl (C=O) groups is 1. The van der Waals surface area contributed by atoms with Gasteiger partial charge in [0, 0.05) is 11.5 Å². The molecule has 17 heavy (non-hydrogen) atoms. The molecule has 1 N–H and O–H groups in total. The van der Waals surface area contributed by atoms with Crippen molar-refractivity contribution in [1.82, 2.24) is 19.7 Å². The molecule has 2 heterocycles. The van der Waals surface area contributed by atoms with E-state index in [0.29, 0.717) is 13.0 Å². The van der Waals surface area contributed by atoms with Crippen LogP contribution in [0.15, 0.2) is 17.8 Å². The summed E-state index contributed by atoms with van der Waals surface area (Å²) in [7, 11) is 0. The molecule has 1 aliphatic rings. The van der Waals surface area contributed by atoms with Gasteiger partial charge in [0.2, 0.25) is 0 Å². The first-order chi connectivity index (χ1) is 8.20. The Morgan fingerprint density at radius 1 is 1.71 bits per heavy atom. The summed E-state index contributed by atoms with van der Waals surface area (Å²) in [6, 6.07) is -0.533. The molecule has 0 spiro atoms. The van der Waals surface area contributed by atoms with Crippen molar-refractivity contribution in [3.05, 3.63) is 23.1 Å². The first kappa shape index (κ1) is 11.2. The lowest BCUT2D eigenvalue weighted by atomic mass is 10.2. The molecule has 1 amide bonds. The summed E-state index contributed by atoms with van der Waals surface area (Å²) in [5.74, 6) is 0. The lowest BCUT2D eigenvalue weighted by Crippen LogP contribution is -2.37. The van der Waals surface area contributed by atoms with Gasteiger partial charge >= 0.3 is 6.09 Å². The smallest absolute Gasteiger partial charge is 0.407 e. The number of hydrogen-bond acceptors (Lipinski definition) is 4. The van der Waals surface area contributed by atoms with Crippen LogP contribution in [0.1, 0.15) is 6.42 Å². The molecule has 2 rings (SSSR count). The highest BCUT2D eigenvalue weighted by atomic mass is 16.4. The third-order valence-electron chi connectivity index (χ3n) is 2.72. The average molecular weight is 237 g/mol. The topological polar surface area (TPSA) is 120 Å². The molecule has 2 atom stereocenters. The minimum absolute atomic E-state index is 0.232. The van der Waals surface area contributed by atoms with E-state index < -0.39 is 6.09 Å². The second kappa shape index (κ2) is 4.71. The quantitative estimate of drug-likeness (QED) is 0.472. The van der Waals surface area contributed by atoms with Crippen LogP contribution in [0.2, 0.25) is 0 Å². The van der Waals surface area contributed by atoms with Gasteiger partial charge in [-0.2, -0.15) is 5.10 Å². The Hall–Kier alpha value is -2.28. The molecule has 0 aliphatic carbocycles. The van der Waals surface area contributed by atoms with E-state index in [2.05, 4.69) is 20.1 Å². The van der Waals surface area contributed by atoms with E-state index in [9.17, 15) is 4.79 Å². The molecular weight excluding hydrogens is 226 g/mol. The van der Waals surface area contributed by atoms with Crippen LogP contribution >= 0.6 is 0 Å². The molecule has 1 aliphatic heterocycles. The lowest BCUT2D eigenvalue weighted by Gasteiger charge is -2.20. The van der Waals surface area contributed by atoms with E-state index in [4.69, 9.17) is 10.6 Å². The van der Waals surface area contributed by atoms with Crippen molar-refractivity contribution in [2.45, 2.75) is 25.0 Å². The summed E-state index contributed by atoms with van der Waals surface area (Å²) in [4.78, 5) is 18.8. The van der Waals surface area contributed by atoms with E-state index in [1.165, 1.54) is 17.6 Å². The van der Waals surface area contributed by atoms with Gasteiger partial charge in [0.05, 0.1) is 18.6 Å². The zero-order chi connectivity index (χ0) is 12.3. The maximum absolute atomic E-state index is 11.0. The van der Waals surface area contributed by atoms with Crippen LogP contribution in [0.5, 0.6) is 0 Å². The van der Waals surface area contributed by atoms with Gasteiger partial charge in [-0.15, -0.1) is 0 Å². The van der Waals surface area contributed by atoms with Crippen molar-refractivity contribution in [2.24, 2.45) is 5.11 Å². The van der Waals surface area contributed by atoms with Crippen molar-refractivity contribution in [3.8, 4) is 0 Å². The van der Waals surface area contributed by atoms with Crippen LogP contribution in [0.4, 0.5) is 4.79 Å². The monoisotopic (exact) mass is 237 g/mol. The molecule has 0 radical (unpaired) electrons. The second-order valence-corrected chi connectivity index (χ2v) is 3.80. The molecule has 0 unspecified atom stereocenters. The van der Waals surface area contributed by atoms with Crippen molar-refractivity contribution in [1.29, 1.82) is 0 Å². The van der Waals surface area contributed by atoms with E-state index in [-0.39, 0.29) is 18.6 Å². The van der Waals surface area contributed by atoms with E-state index >= 15 is 0 Å². The molecule has 1 fully saturated rings. The van der Waals surface area contributed by atoms with Crippen LogP contribution in [-0.4, -0.2) is 49.5 Å². The Bertz CT molecular complexity index is 439. The van der Waals surface area contributed by atoms with Gasteiger partial charge in [-0.3, -0.25) is 4.68 Å². The van der Waals surface area contributed by atoms with Crippen molar-refractivity contribution in [3.63, 3.8) is 0 Å². The molecule has 90 valence electrons. The van der Waals surface area contributed by atoms with Crippen LogP contribution in [0, 0.1) is 0 Å². The molecule has 1 saturated heterocycles. The van der Waals surface area contributed by atoms with E-state index in [1.54, 1.807) is 4.68 Å². The first-order valence-electron chi connectivity index (χ1n) is 5.07. The van der Waals surface area contributed by atoms with Gasteiger partial charge in [0.15, 0.2) is 0 Å². The number of nitrogens with zero attached hydrogens (tertiary/aromatic N) is 7. The Labute approximate surface area is 96.3 Å². The van der Waals surface area contributed by atoms with Gasteiger partial charge in [-0.25, -0.2) is 9.78 Å². The molecule has 1 aromatic heterocycles. The summed E-state index contributed by atoms with van der Waals surface area (Å²) >= 11 is 0. The molecule has 9 nitrogen and oxygen atoms in total. The number of rotatable bonds is 3. The predicted octanol–water partition coefficient (Wildman–Crippen LogP) is 0.709. The highest BCUT2D eigenvalue weighted by molar-refractivity contribution is 5.66. The predicted molar refractivity (Wildman–Crippen MR) is 56.1 cm³/mol. The highest BCUT2D eigenvalue weighted by Crippen LogP contribution is 2.21. The van der Waals surface area contributed by atoms with E-state index in [0.717, 1.165) is 0 Å². The number of azide groups is 1. The zero-order valence-electron chi connectivity index (χ0n) is 8.92. The van der Waals surface area contributed by atoms with Gasteiger partial charge in [0.1, 0.15) is 12.7 Å². The molecule has 9 heteroatoms. The largest absolute Gasteiger partial charge is 0.465 e. The molecule has 1 aromatic rings. The van der Waals surface area contributed by atoms with Gasteiger partial charge in [0.25, 0.3) is 0 Å². The lowest BCUT2D eigenvalue weighted by molar-refractivity contribution is 0.135. The van der Waals surface area contributed by atoms with Crippen LogP contribution < -0.4 is 0 Å². The number of amides is 1. The van der Waals surface area contributed by atoms with Crippen LogP contribution in [-0.2, 0) is 6.54 Å². The molecule has 0 aromatic carbocycles. The Morgan fingerprint density at radius 3 is 3.12 bits per heavy atom. The maximum Gasteiger partial charge on any atom is 0.407 e. The van der Waals surface area contributed by atoms with Gasteiger partial charge in [-0.05, 0) is 12.0 Å². The summed E-state index contributed by atoms with van der Waals surface area (Å²) in [5, 5.41) is 16.5. The number of hydrogen-bond donors (Lipinski definition) is 1. The Balaban J connectivity index is 2.08. The summed E-state index contributed by atoms with van der Waals surface area (Å²) in [6.07, 6.45) is 2.42. The van der Waals surface area contributed by atoms with Crippen molar-refractivity contribution < 1.29 is 9.90 Å². The van der Waals surface area contributed by atoms with Gasteiger partial charge in [-0.1, -0.05) is 5.11 Å². The van der Waals surface area contributed by atoms with Crippen molar-refractivity contribution in [2.75, 3.05) is 6.54 Å².